The smallest absolute Gasteiger partial charge is 0.240 e. The molecule has 2 aromatic carbocycles. The van der Waals surface area contributed by atoms with Gasteiger partial charge >= 0.3 is 0 Å². The Morgan fingerprint density at radius 3 is 2.55 bits per heavy atom. The lowest BCUT2D eigenvalue weighted by Crippen LogP contribution is -2.38. The topological polar surface area (TPSA) is 46.5 Å². The fraction of sp³-hybridized carbons (Fsp3) is 0.375. The number of nitrogens with zero attached hydrogens (tertiary/aromatic N) is 2. The first-order valence-corrected chi connectivity index (χ1v) is 10.4. The summed E-state index contributed by atoms with van der Waals surface area (Å²) in [6.45, 7) is 5.16. The molecule has 0 aliphatic carbocycles. The summed E-state index contributed by atoms with van der Waals surface area (Å²) in [7, 11) is 1.68. The first kappa shape index (κ1) is 19.5. The Morgan fingerprint density at radius 1 is 1.10 bits per heavy atom. The van der Waals surface area contributed by atoms with Crippen molar-refractivity contribution in [1.29, 1.82) is 0 Å². The predicted octanol–water partition coefficient (Wildman–Crippen LogP) is 3.91. The molecular weight excluding hydrogens is 362 g/mol. The van der Waals surface area contributed by atoms with E-state index in [1.165, 1.54) is 23.8 Å². The van der Waals surface area contributed by atoms with Crippen LogP contribution in [0.15, 0.2) is 54.6 Å². The Morgan fingerprint density at radius 2 is 1.83 bits per heavy atom. The van der Waals surface area contributed by atoms with E-state index in [2.05, 4.69) is 52.0 Å². The molecule has 3 aromatic rings. The number of methoxy groups -OCH3 is 1. The molecule has 1 atom stereocenters. The highest BCUT2D eigenvalue weighted by molar-refractivity contribution is 5.84. The van der Waals surface area contributed by atoms with Crippen LogP contribution in [0.3, 0.4) is 0 Å². The van der Waals surface area contributed by atoms with Crippen molar-refractivity contribution >= 4 is 16.8 Å². The van der Waals surface area contributed by atoms with Gasteiger partial charge in [0, 0.05) is 17.8 Å². The maximum Gasteiger partial charge on any atom is 0.240 e. The number of amides is 1. The second kappa shape index (κ2) is 8.70. The zero-order valence-corrected chi connectivity index (χ0v) is 17.2. The lowest BCUT2D eigenvalue weighted by atomic mass is 10.1. The summed E-state index contributed by atoms with van der Waals surface area (Å²) in [5.41, 5.74) is 3.43. The van der Waals surface area contributed by atoms with Crippen LogP contribution >= 0.6 is 0 Å². The van der Waals surface area contributed by atoms with Gasteiger partial charge < -0.3 is 14.6 Å². The summed E-state index contributed by atoms with van der Waals surface area (Å²) < 4.78 is 7.38. The molecule has 1 fully saturated rings. The number of fused-ring (bicyclic) bond motifs is 1. The summed E-state index contributed by atoms with van der Waals surface area (Å²) >= 11 is 0. The number of ether oxygens (including phenoxy) is 1. The second-order valence-corrected chi connectivity index (χ2v) is 7.77. The minimum absolute atomic E-state index is 0.0483. The van der Waals surface area contributed by atoms with Gasteiger partial charge in [-0.3, -0.25) is 9.69 Å². The van der Waals surface area contributed by atoms with Crippen molar-refractivity contribution in [3.05, 3.63) is 65.9 Å². The molecule has 0 saturated carbocycles. The van der Waals surface area contributed by atoms with Crippen molar-refractivity contribution in [2.45, 2.75) is 32.4 Å². The van der Waals surface area contributed by atoms with E-state index in [1.54, 1.807) is 7.11 Å². The Labute approximate surface area is 172 Å². The molecule has 5 heteroatoms. The van der Waals surface area contributed by atoms with E-state index in [0.717, 1.165) is 30.0 Å². The summed E-state index contributed by atoms with van der Waals surface area (Å²) in [5, 5.41) is 4.36. The Kier molecular flexibility index (Phi) is 5.86. The number of likely N-dealkylation sites (tertiary alicyclic amines) is 1. The van der Waals surface area contributed by atoms with Gasteiger partial charge in [0.05, 0.1) is 13.2 Å². The summed E-state index contributed by atoms with van der Waals surface area (Å²) in [6, 6.07) is 18.7. The average molecular weight is 392 g/mol. The third-order valence-corrected chi connectivity index (χ3v) is 5.89. The molecule has 0 spiro atoms. The number of aromatic nitrogens is 1. The van der Waals surface area contributed by atoms with Gasteiger partial charge in [-0.1, -0.05) is 30.3 Å². The van der Waals surface area contributed by atoms with Crippen LogP contribution in [0.1, 0.15) is 30.1 Å². The van der Waals surface area contributed by atoms with Gasteiger partial charge in [0.25, 0.3) is 0 Å². The van der Waals surface area contributed by atoms with Crippen LogP contribution in [0.5, 0.6) is 5.75 Å². The van der Waals surface area contributed by atoms with Crippen LogP contribution in [-0.2, 0) is 11.3 Å². The van der Waals surface area contributed by atoms with E-state index in [1.807, 2.05) is 24.3 Å². The molecule has 1 aliphatic rings. The Bertz CT molecular complexity index is 971. The first-order valence-electron chi connectivity index (χ1n) is 10.4. The van der Waals surface area contributed by atoms with Crippen molar-refractivity contribution in [2.75, 3.05) is 26.7 Å². The molecule has 5 nitrogen and oxygen atoms in total. The van der Waals surface area contributed by atoms with E-state index in [4.69, 9.17) is 4.74 Å². The molecule has 1 aromatic heterocycles. The van der Waals surface area contributed by atoms with Crippen LogP contribution in [0.25, 0.3) is 10.9 Å². The van der Waals surface area contributed by atoms with Gasteiger partial charge in [0.15, 0.2) is 0 Å². The molecule has 152 valence electrons. The van der Waals surface area contributed by atoms with Crippen LogP contribution in [0.4, 0.5) is 0 Å². The molecular formula is C24H29N3O2. The van der Waals surface area contributed by atoms with E-state index < -0.39 is 0 Å². The Balaban J connectivity index is 1.46. The SMILES string of the molecule is COc1ccc([C@@H](CNC(=O)Cn2c(C)cc3ccccc32)N2CCCC2)cc1. The maximum absolute atomic E-state index is 12.8. The van der Waals surface area contributed by atoms with Gasteiger partial charge in [-0.25, -0.2) is 0 Å². The van der Waals surface area contributed by atoms with E-state index in [9.17, 15) is 4.79 Å². The molecule has 4 rings (SSSR count). The predicted molar refractivity (Wildman–Crippen MR) is 116 cm³/mol. The molecule has 1 aliphatic heterocycles. The number of carbonyl (C=O) groups is 1. The highest BCUT2D eigenvalue weighted by Gasteiger charge is 2.24. The normalized spacial score (nSPS) is 15.5. The summed E-state index contributed by atoms with van der Waals surface area (Å²) in [4.78, 5) is 15.3. The van der Waals surface area contributed by atoms with E-state index in [0.29, 0.717) is 13.1 Å². The number of carbonyl (C=O) groups excluding carboxylic acids is 1. The monoisotopic (exact) mass is 391 g/mol. The van der Waals surface area contributed by atoms with Gasteiger partial charge in [-0.2, -0.15) is 0 Å². The number of hydrogen-bond acceptors (Lipinski definition) is 3. The van der Waals surface area contributed by atoms with Crippen LogP contribution in [0.2, 0.25) is 0 Å². The van der Waals surface area contributed by atoms with E-state index >= 15 is 0 Å². The highest BCUT2D eigenvalue weighted by Crippen LogP contribution is 2.26. The fourth-order valence-corrected chi connectivity index (χ4v) is 4.31. The van der Waals surface area contributed by atoms with Gasteiger partial charge in [-0.05, 0) is 68.1 Å². The molecule has 29 heavy (non-hydrogen) atoms. The lowest BCUT2D eigenvalue weighted by Gasteiger charge is -2.28. The highest BCUT2D eigenvalue weighted by atomic mass is 16.5. The average Bonchev–Trinajstić information content (AvgIpc) is 3.37. The lowest BCUT2D eigenvalue weighted by molar-refractivity contribution is -0.121. The third kappa shape index (κ3) is 4.30. The number of hydrogen-bond donors (Lipinski definition) is 1. The Hall–Kier alpha value is -2.79. The van der Waals surface area contributed by atoms with Crippen molar-refractivity contribution in [2.24, 2.45) is 0 Å². The van der Waals surface area contributed by atoms with Crippen molar-refractivity contribution in [3.8, 4) is 5.75 Å². The number of aryl methyl sites for hydroxylation is 1. The summed E-state index contributed by atoms with van der Waals surface area (Å²) in [5.74, 6) is 0.903. The largest absolute Gasteiger partial charge is 0.497 e. The minimum Gasteiger partial charge on any atom is -0.497 e. The van der Waals surface area contributed by atoms with Crippen molar-refractivity contribution in [3.63, 3.8) is 0 Å². The molecule has 0 unspecified atom stereocenters. The second-order valence-electron chi connectivity index (χ2n) is 7.77. The number of para-hydroxylation sites is 1. The van der Waals surface area contributed by atoms with Crippen molar-refractivity contribution < 1.29 is 9.53 Å². The first-order chi connectivity index (χ1) is 14.2. The molecule has 0 bridgehead atoms. The number of nitrogens with one attached hydrogen (secondary N) is 1. The third-order valence-electron chi connectivity index (χ3n) is 5.89. The standard InChI is InChI=1S/C24H29N3O2/c1-18-15-20-7-3-4-8-22(20)27(18)17-24(28)25-16-23(26-13-5-6-14-26)19-9-11-21(29-2)12-10-19/h3-4,7-12,15,23H,5-6,13-14,16-17H2,1-2H3,(H,25,28)/t23-/m1/s1. The van der Waals surface area contributed by atoms with Crippen molar-refractivity contribution in [1.82, 2.24) is 14.8 Å². The van der Waals surface area contributed by atoms with Gasteiger partial charge in [0.1, 0.15) is 12.3 Å². The molecule has 2 heterocycles. The van der Waals surface area contributed by atoms with Gasteiger partial charge in [-0.15, -0.1) is 0 Å². The maximum atomic E-state index is 12.8. The quantitative estimate of drug-likeness (QED) is 0.664. The summed E-state index contributed by atoms with van der Waals surface area (Å²) in [6.07, 6.45) is 2.43. The fourth-order valence-electron chi connectivity index (χ4n) is 4.31. The van der Waals surface area contributed by atoms with E-state index in [-0.39, 0.29) is 11.9 Å². The number of benzene rings is 2. The zero-order chi connectivity index (χ0) is 20.2. The molecule has 0 radical (unpaired) electrons. The zero-order valence-electron chi connectivity index (χ0n) is 17.2. The minimum atomic E-state index is 0.0483. The molecule has 1 saturated heterocycles. The van der Waals surface area contributed by atoms with Gasteiger partial charge in [0.2, 0.25) is 5.91 Å². The molecule has 1 amide bonds. The number of rotatable bonds is 7. The molecule has 1 N–H and O–H groups in total. The van der Waals surface area contributed by atoms with Crippen LogP contribution < -0.4 is 10.1 Å². The van der Waals surface area contributed by atoms with Crippen LogP contribution in [-0.4, -0.2) is 42.1 Å². The van der Waals surface area contributed by atoms with Crippen LogP contribution in [0, 0.1) is 6.92 Å².